The van der Waals surface area contributed by atoms with Crippen LogP contribution in [0.2, 0.25) is 5.02 Å². The van der Waals surface area contributed by atoms with Crippen LogP contribution in [0.15, 0.2) is 57.9 Å². The minimum Gasteiger partial charge on any atom is -0.408 e. The zero-order valence-electron chi connectivity index (χ0n) is 16.3. The summed E-state index contributed by atoms with van der Waals surface area (Å²) in [6, 6.07) is 10.1. The molecule has 1 amide bonds. The molecule has 166 valence electrons. The third-order valence-electron chi connectivity index (χ3n) is 4.67. The molecule has 0 atom stereocenters. The highest BCUT2D eigenvalue weighted by Crippen LogP contribution is 2.33. The molecule has 6 nitrogen and oxygen atoms in total. The van der Waals surface area contributed by atoms with Gasteiger partial charge in [0.1, 0.15) is 0 Å². The lowest BCUT2D eigenvalue weighted by Crippen LogP contribution is -2.19. The van der Waals surface area contributed by atoms with E-state index in [1.165, 1.54) is 16.8 Å². The second kappa shape index (κ2) is 8.79. The van der Waals surface area contributed by atoms with Crippen molar-refractivity contribution >= 4 is 45.1 Å². The standard InChI is InChI=1S/C21H15ClF3N3O3S/c22-15-6-5-13(21(23,24)25)9-12(15)10-14-11-26-19(32-14)27-18(29)7-8-28-16-3-1-2-4-17(16)31-20(28)30/h1-6,9,11H,7-8,10H2,(H,26,27,29). The van der Waals surface area contributed by atoms with Gasteiger partial charge in [-0.1, -0.05) is 23.7 Å². The van der Waals surface area contributed by atoms with Crippen molar-refractivity contribution < 1.29 is 22.4 Å². The Bertz CT molecular complexity index is 1340. The van der Waals surface area contributed by atoms with Crippen LogP contribution < -0.4 is 11.1 Å². The number of hydrogen-bond donors (Lipinski definition) is 1. The zero-order chi connectivity index (χ0) is 22.9. The van der Waals surface area contributed by atoms with Crippen LogP contribution in [0.25, 0.3) is 11.1 Å². The van der Waals surface area contributed by atoms with Crippen LogP contribution in [0.3, 0.4) is 0 Å². The Morgan fingerprint density at radius 2 is 2.00 bits per heavy atom. The van der Waals surface area contributed by atoms with Crippen LogP contribution in [0, 0.1) is 0 Å². The van der Waals surface area contributed by atoms with Crippen LogP contribution in [-0.4, -0.2) is 15.5 Å². The van der Waals surface area contributed by atoms with E-state index in [9.17, 15) is 22.8 Å². The Labute approximate surface area is 188 Å². The summed E-state index contributed by atoms with van der Waals surface area (Å²) in [6.07, 6.45) is -2.83. The number of oxazole rings is 1. The van der Waals surface area contributed by atoms with Gasteiger partial charge in [-0.25, -0.2) is 9.78 Å². The van der Waals surface area contributed by atoms with Crippen molar-refractivity contribution in [3.05, 3.63) is 80.2 Å². The number of thiazole rings is 1. The largest absolute Gasteiger partial charge is 0.419 e. The number of nitrogens with one attached hydrogen (secondary N) is 1. The minimum atomic E-state index is -4.46. The third-order valence-corrected chi connectivity index (χ3v) is 5.96. The maximum atomic E-state index is 12.9. The molecule has 4 aromatic rings. The van der Waals surface area contributed by atoms with E-state index in [4.69, 9.17) is 16.0 Å². The summed E-state index contributed by atoms with van der Waals surface area (Å²) in [4.78, 5) is 29.0. The van der Waals surface area contributed by atoms with Crippen molar-refractivity contribution in [1.29, 1.82) is 0 Å². The van der Waals surface area contributed by atoms with E-state index in [-0.39, 0.29) is 30.3 Å². The molecule has 0 saturated heterocycles. The van der Waals surface area contributed by atoms with Crippen LogP contribution in [0.5, 0.6) is 0 Å². The van der Waals surface area contributed by atoms with E-state index >= 15 is 0 Å². The first kappa shape index (κ1) is 22.1. The first-order valence-corrected chi connectivity index (χ1v) is 10.6. The van der Waals surface area contributed by atoms with Crippen LogP contribution >= 0.6 is 22.9 Å². The van der Waals surface area contributed by atoms with Gasteiger partial charge in [0.05, 0.1) is 11.1 Å². The fourth-order valence-electron chi connectivity index (χ4n) is 3.14. The number of carbonyl (C=O) groups excluding carboxylic acids is 1. The van der Waals surface area contributed by atoms with E-state index < -0.39 is 17.5 Å². The smallest absolute Gasteiger partial charge is 0.408 e. The van der Waals surface area contributed by atoms with E-state index in [1.54, 1.807) is 24.3 Å². The second-order valence-electron chi connectivity index (χ2n) is 6.90. The molecule has 2 aromatic carbocycles. The zero-order valence-corrected chi connectivity index (χ0v) is 17.9. The second-order valence-corrected chi connectivity index (χ2v) is 8.42. The fourth-order valence-corrected chi connectivity index (χ4v) is 4.18. The summed E-state index contributed by atoms with van der Waals surface area (Å²) in [6.45, 7) is 0.125. The molecule has 0 unspecified atom stereocenters. The monoisotopic (exact) mass is 481 g/mol. The van der Waals surface area contributed by atoms with Gasteiger partial charge in [0.2, 0.25) is 5.91 Å². The summed E-state index contributed by atoms with van der Waals surface area (Å²) in [5, 5.41) is 3.16. The Morgan fingerprint density at radius 3 is 2.78 bits per heavy atom. The van der Waals surface area contributed by atoms with Gasteiger partial charge in [-0.05, 0) is 35.9 Å². The van der Waals surface area contributed by atoms with Gasteiger partial charge in [0, 0.05) is 35.5 Å². The Balaban J connectivity index is 1.40. The quantitative estimate of drug-likeness (QED) is 0.403. The van der Waals surface area contributed by atoms with Crippen molar-refractivity contribution in [3.63, 3.8) is 0 Å². The SMILES string of the molecule is O=C(CCn1c(=O)oc2ccccc21)Nc1ncc(Cc2cc(C(F)(F)F)ccc2Cl)s1. The van der Waals surface area contributed by atoms with Gasteiger partial charge < -0.3 is 9.73 Å². The maximum absolute atomic E-state index is 12.9. The molecule has 2 aromatic heterocycles. The average Bonchev–Trinajstić information content (AvgIpc) is 3.30. The van der Waals surface area contributed by atoms with Gasteiger partial charge in [-0.2, -0.15) is 13.2 Å². The minimum absolute atomic E-state index is 0.0117. The summed E-state index contributed by atoms with van der Waals surface area (Å²) in [5.74, 6) is -0.909. The molecule has 32 heavy (non-hydrogen) atoms. The van der Waals surface area contributed by atoms with Crippen LogP contribution in [0.4, 0.5) is 18.3 Å². The number of carbonyl (C=O) groups is 1. The summed E-state index contributed by atoms with van der Waals surface area (Å²) >= 11 is 7.18. The molecule has 0 fully saturated rings. The van der Waals surface area contributed by atoms with Gasteiger partial charge in [0.15, 0.2) is 10.7 Å². The number of para-hydroxylation sites is 2. The molecule has 0 spiro atoms. The summed E-state index contributed by atoms with van der Waals surface area (Å²) in [5.41, 5.74) is 0.571. The number of fused-ring (bicyclic) bond motifs is 1. The number of aryl methyl sites for hydroxylation is 1. The highest BCUT2D eigenvalue weighted by atomic mass is 35.5. The third kappa shape index (κ3) is 4.86. The van der Waals surface area contributed by atoms with Crippen molar-refractivity contribution in [1.82, 2.24) is 9.55 Å². The average molecular weight is 482 g/mol. The predicted octanol–water partition coefficient (Wildman–Crippen LogP) is 5.34. The Morgan fingerprint density at radius 1 is 1.22 bits per heavy atom. The number of rotatable bonds is 6. The molecular weight excluding hydrogens is 467 g/mol. The molecule has 0 aliphatic rings. The van der Waals surface area contributed by atoms with Gasteiger partial charge >= 0.3 is 11.9 Å². The van der Waals surface area contributed by atoms with Gasteiger partial charge in [0.25, 0.3) is 0 Å². The number of benzene rings is 2. The number of halogens is 4. The molecule has 2 heterocycles. The van der Waals surface area contributed by atoms with E-state index in [0.29, 0.717) is 26.7 Å². The lowest BCUT2D eigenvalue weighted by molar-refractivity contribution is -0.137. The molecule has 0 aliphatic carbocycles. The summed E-state index contributed by atoms with van der Waals surface area (Å²) < 4.78 is 45.3. The van der Waals surface area contributed by atoms with Crippen molar-refractivity contribution in [2.45, 2.75) is 25.6 Å². The Hall–Kier alpha value is -3.11. The Kier molecular flexibility index (Phi) is 6.07. The normalized spacial score (nSPS) is 11.8. The molecule has 4 rings (SSSR count). The highest BCUT2D eigenvalue weighted by molar-refractivity contribution is 7.15. The molecule has 0 saturated carbocycles. The van der Waals surface area contributed by atoms with E-state index in [0.717, 1.165) is 23.5 Å². The predicted molar refractivity (Wildman–Crippen MR) is 115 cm³/mol. The highest BCUT2D eigenvalue weighted by Gasteiger charge is 2.31. The van der Waals surface area contributed by atoms with Crippen molar-refractivity contribution in [2.24, 2.45) is 0 Å². The molecule has 11 heteroatoms. The number of nitrogens with zero attached hydrogens (tertiary/aromatic N) is 2. The number of alkyl halides is 3. The maximum Gasteiger partial charge on any atom is 0.419 e. The number of anilines is 1. The van der Waals surface area contributed by atoms with Crippen molar-refractivity contribution in [3.8, 4) is 0 Å². The van der Waals surface area contributed by atoms with E-state index in [1.807, 2.05) is 0 Å². The number of hydrogen-bond acceptors (Lipinski definition) is 5. The summed E-state index contributed by atoms with van der Waals surface area (Å²) in [7, 11) is 0. The van der Waals surface area contributed by atoms with Gasteiger partial charge in [-0.3, -0.25) is 9.36 Å². The number of aromatic nitrogens is 2. The lowest BCUT2D eigenvalue weighted by atomic mass is 10.1. The first-order valence-electron chi connectivity index (χ1n) is 9.39. The molecule has 0 bridgehead atoms. The molecule has 0 radical (unpaired) electrons. The van der Waals surface area contributed by atoms with Crippen LogP contribution in [0.1, 0.15) is 22.4 Å². The van der Waals surface area contributed by atoms with Gasteiger partial charge in [-0.15, -0.1) is 11.3 Å². The van der Waals surface area contributed by atoms with E-state index in [2.05, 4.69) is 10.3 Å². The lowest BCUT2D eigenvalue weighted by Gasteiger charge is -2.09. The topological polar surface area (TPSA) is 77.1 Å². The molecular formula is C21H15ClF3N3O3S. The molecule has 1 N–H and O–H groups in total. The first-order chi connectivity index (χ1) is 15.2. The van der Waals surface area contributed by atoms with Crippen LogP contribution in [-0.2, 0) is 23.9 Å². The number of amides is 1. The molecule has 0 aliphatic heterocycles. The van der Waals surface area contributed by atoms with Crippen molar-refractivity contribution in [2.75, 3.05) is 5.32 Å². The fraction of sp³-hybridized carbons (Fsp3) is 0.190.